The molecule has 0 saturated carbocycles. The molecule has 1 N–H and O–H groups in total. The molecule has 34 heavy (non-hydrogen) atoms. The van der Waals surface area contributed by atoms with E-state index in [0.29, 0.717) is 0 Å². The lowest BCUT2D eigenvalue weighted by atomic mass is 10.2. The Labute approximate surface area is 220 Å². The Hall–Kier alpha value is -2.24. The molecule has 4 rings (SSSR count). The van der Waals surface area contributed by atoms with Gasteiger partial charge in [-0.05, 0) is 11.6 Å². The summed E-state index contributed by atoms with van der Waals surface area (Å²) >= 11 is 0. The van der Waals surface area contributed by atoms with Crippen molar-refractivity contribution < 1.29 is 0 Å². The van der Waals surface area contributed by atoms with Crippen molar-refractivity contribution in [3.05, 3.63) is 60.4 Å². The van der Waals surface area contributed by atoms with Crippen LogP contribution in [0.3, 0.4) is 0 Å². The van der Waals surface area contributed by atoms with E-state index >= 15 is 0 Å². The third-order valence-electron chi connectivity index (χ3n) is 6.28. The van der Waals surface area contributed by atoms with Gasteiger partial charge in [-0.25, -0.2) is 9.97 Å². The molecule has 0 radical (unpaired) electrons. The molecule has 2 fully saturated rings. The van der Waals surface area contributed by atoms with Crippen molar-refractivity contribution in [2.24, 2.45) is 4.99 Å². The van der Waals surface area contributed by atoms with E-state index in [0.717, 1.165) is 83.9 Å². The van der Waals surface area contributed by atoms with E-state index in [-0.39, 0.29) is 24.0 Å². The lowest BCUT2D eigenvalue weighted by Crippen LogP contribution is -2.54. The van der Waals surface area contributed by atoms with Gasteiger partial charge in [-0.2, -0.15) is 0 Å². The molecule has 2 saturated heterocycles. The molecule has 2 aromatic rings. The number of piperazine rings is 2. The number of hydrogen-bond acceptors (Lipinski definition) is 6. The number of anilines is 1. The number of aromatic nitrogens is 2. The molecule has 8 nitrogen and oxygen atoms in total. The highest BCUT2D eigenvalue weighted by Crippen LogP contribution is 2.09. The second-order valence-corrected chi connectivity index (χ2v) is 8.45. The summed E-state index contributed by atoms with van der Waals surface area (Å²) < 4.78 is 0. The van der Waals surface area contributed by atoms with E-state index in [1.807, 2.05) is 25.5 Å². The lowest BCUT2D eigenvalue weighted by Gasteiger charge is -2.37. The molecule has 0 unspecified atom stereocenters. The molecule has 0 amide bonds. The third kappa shape index (κ3) is 7.92. The Morgan fingerprint density at radius 3 is 2.26 bits per heavy atom. The van der Waals surface area contributed by atoms with Gasteiger partial charge in [-0.3, -0.25) is 14.8 Å². The van der Waals surface area contributed by atoms with Crippen LogP contribution in [-0.4, -0.2) is 110 Å². The third-order valence-corrected chi connectivity index (χ3v) is 6.28. The maximum atomic E-state index is 4.53. The summed E-state index contributed by atoms with van der Waals surface area (Å²) in [7, 11) is 1.88. The van der Waals surface area contributed by atoms with E-state index in [1.165, 1.54) is 5.56 Å². The molecule has 0 spiro atoms. The SMILES string of the molecule is CN=C(NCCN1CCN(c2ncccn2)CC1)N1CCN(C/C=C/c2ccccc2)CC1.I. The quantitative estimate of drug-likeness (QED) is 0.308. The number of hydrogen-bond donors (Lipinski definition) is 1. The number of rotatable bonds is 7. The minimum absolute atomic E-state index is 0. The molecular formula is C25H37IN8. The van der Waals surface area contributed by atoms with Gasteiger partial charge >= 0.3 is 0 Å². The highest BCUT2D eigenvalue weighted by molar-refractivity contribution is 14.0. The Morgan fingerprint density at radius 1 is 0.912 bits per heavy atom. The Balaban J connectivity index is 0.00000324. The van der Waals surface area contributed by atoms with Gasteiger partial charge in [-0.15, -0.1) is 24.0 Å². The van der Waals surface area contributed by atoms with E-state index in [1.54, 1.807) is 0 Å². The first kappa shape index (κ1) is 26.4. The topological polar surface area (TPSA) is 63.1 Å². The minimum atomic E-state index is 0. The van der Waals surface area contributed by atoms with Crippen LogP contribution in [0.2, 0.25) is 0 Å². The van der Waals surface area contributed by atoms with Crippen LogP contribution in [-0.2, 0) is 0 Å². The van der Waals surface area contributed by atoms with Crippen LogP contribution in [0.5, 0.6) is 0 Å². The number of nitrogens with one attached hydrogen (secondary N) is 1. The molecule has 1 aromatic carbocycles. The van der Waals surface area contributed by atoms with Crippen molar-refractivity contribution in [2.75, 3.05) is 83.9 Å². The van der Waals surface area contributed by atoms with Gasteiger partial charge in [-0.1, -0.05) is 42.5 Å². The maximum absolute atomic E-state index is 4.53. The second kappa shape index (κ2) is 14.2. The Morgan fingerprint density at radius 2 is 1.59 bits per heavy atom. The fourth-order valence-electron chi connectivity index (χ4n) is 4.33. The highest BCUT2D eigenvalue weighted by Gasteiger charge is 2.20. The summed E-state index contributed by atoms with van der Waals surface area (Å²) in [5.74, 6) is 1.86. The van der Waals surface area contributed by atoms with Crippen molar-refractivity contribution in [1.82, 2.24) is 30.0 Å². The second-order valence-electron chi connectivity index (χ2n) is 8.45. The lowest BCUT2D eigenvalue weighted by molar-refractivity contribution is 0.193. The number of halogens is 1. The van der Waals surface area contributed by atoms with Crippen LogP contribution >= 0.6 is 24.0 Å². The summed E-state index contributed by atoms with van der Waals surface area (Å²) in [6.07, 6.45) is 8.10. The first-order valence-electron chi connectivity index (χ1n) is 12.0. The van der Waals surface area contributed by atoms with E-state index in [2.05, 4.69) is 82.4 Å². The summed E-state index contributed by atoms with van der Waals surface area (Å²) in [5.41, 5.74) is 1.26. The fourth-order valence-corrected chi connectivity index (χ4v) is 4.33. The first-order valence-corrected chi connectivity index (χ1v) is 12.0. The van der Waals surface area contributed by atoms with Crippen LogP contribution in [0.25, 0.3) is 6.08 Å². The van der Waals surface area contributed by atoms with Gasteiger partial charge < -0.3 is 15.1 Å². The standard InChI is InChI=1S/C25H36N8.HI/c1-26-24(29-12-14-31-17-21-33(22-18-31)25-27-10-6-11-28-25)32-19-15-30(16-20-32)13-5-9-23-7-3-2-4-8-23;/h2-11H,12-22H2,1H3,(H,26,29);1H/b9-5+;. The molecule has 3 heterocycles. The smallest absolute Gasteiger partial charge is 0.225 e. The van der Waals surface area contributed by atoms with Crippen molar-refractivity contribution in [2.45, 2.75) is 0 Å². The summed E-state index contributed by atoms with van der Waals surface area (Å²) in [5, 5.41) is 3.57. The van der Waals surface area contributed by atoms with Gasteiger partial charge in [0.25, 0.3) is 0 Å². The van der Waals surface area contributed by atoms with Gasteiger partial charge in [0.1, 0.15) is 0 Å². The number of aliphatic imine (C=N–C) groups is 1. The number of guanidine groups is 1. The van der Waals surface area contributed by atoms with E-state index < -0.39 is 0 Å². The molecule has 0 aliphatic carbocycles. The normalized spacial score (nSPS) is 18.2. The van der Waals surface area contributed by atoms with Gasteiger partial charge in [0.15, 0.2) is 5.96 Å². The van der Waals surface area contributed by atoms with Gasteiger partial charge in [0.2, 0.25) is 5.95 Å². The monoisotopic (exact) mass is 576 g/mol. The van der Waals surface area contributed by atoms with Crippen LogP contribution < -0.4 is 10.2 Å². The molecule has 2 aliphatic heterocycles. The largest absolute Gasteiger partial charge is 0.355 e. The van der Waals surface area contributed by atoms with E-state index in [4.69, 9.17) is 0 Å². The molecule has 0 atom stereocenters. The molecule has 9 heteroatoms. The molecule has 184 valence electrons. The van der Waals surface area contributed by atoms with Crippen LogP contribution in [0.1, 0.15) is 5.56 Å². The molecular weight excluding hydrogens is 539 g/mol. The maximum Gasteiger partial charge on any atom is 0.225 e. The average Bonchev–Trinajstić information content (AvgIpc) is 2.89. The van der Waals surface area contributed by atoms with E-state index in [9.17, 15) is 0 Å². The zero-order chi connectivity index (χ0) is 22.7. The zero-order valence-electron chi connectivity index (χ0n) is 20.1. The number of benzene rings is 1. The van der Waals surface area contributed by atoms with Crippen molar-refractivity contribution >= 4 is 42.0 Å². The Kier molecular flexibility index (Phi) is 11.0. The zero-order valence-corrected chi connectivity index (χ0v) is 22.4. The Bertz CT molecular complexity index is 876. The summed E-state index contributed by atoms with van der Waals surface area (Å²) in [4.78, 5) is 22.9. The number of nitrogens with zero attached hydrogens (tertiary/aromatic N) is 7. The van der Waals surface area contributed by atoms with Crippen LogP contribution in [0, 0.1) is 0 Å². The summed E-state index contributed by atoms with van der Waals surface area (Å²) in [6, 6.07) is 12.4. The fraction of sp³-hybridized carbons (Fsp3) is 0.480. The first-order chi connectivity index (χ1) is 16.3. The molecule has 0 bridgehead atoms. The van der Waals surface area contributed by atoms with Gasteiger partial charge in [0.05, 0.1) is 0 Å². The predicted molar refractivity (Wildman–Crippen MR) is 151 cm³/mol. The molecule has 1 aromatic heterocycles. The van der Waals surface area contributed by atoms with Crippen molar-refractivity contribution in [1.29, 1.82) is 0 Å². The average molecular weight is 577 g/mol. The molecule has 2 aliphatic rings. The van der Waals surface area contributed by atoms with Crippen LogP contribution in [0.4, 0.5) is 5.95 Å². The minimum Gasteiger partial charge on any atom is -0.355 e. The van der Waals surface area contributed by atoms with Crippen molar-refractivity contribution in [3.8, 4) is 0 Å². The summed E-state index contributed by atoms with van der Waals surface area (Å²) in [6.45, 7) is 11.1. The highest BCUT2D eigenvalue weighted by atomic mass is 127. The predicted octanol–water partition coefficient (Wildman–Crippen LogP) is 2.12. The van der Waals surface area contributed by atoms with Crippen molar-refractivity contribution in [3.63, 3.8) is 0 Å². The van der Waals surface area contributed by atoms with Gasteiger partial charge in [0, 0.05) is 91.4 Å². The van der Waals surface area contributed by atoms with Crippen LogP contribution in [0.15, 0.2) is 59.9 Å².